The third kappa shape index (κ3) is 5.01. The number of amides is 1. The van der Waals surface area contributed by atoms with Gasteiger partial charge < -0.3 is 5.32 Å². The molecule has 0 aliphatic heterocycles. The Morgan fingerprint density at radius 1 is 1.25 bits per heavy atom. The minimum Gasteiger partial charge on any atom is -0.351 e. The molecule has 3 aromatic rings. The van der Waals surface area contributed by atoms with Gasteiger partial charge in [-0.1, -0.05) is 43.2 Å². The molecule has 164 valence electrons. The fraction of sp³-hybridized carbons (Fsp3) is 0.208. The molecular weight excluding hydrogens is 432 g/mol. The number of nitrogens with zero attached hydrogens (tertiary/aromatic N) is 2. The highest BCUT2D eigenvalue weighted by molar-refractivity contribution is 7.07. The van der Waals surface area contributed by atoms with E-state index in [1.165, 1.54) is 0 Å². The molecule has 2 aromatic carbocycles. The highest BCUT2D eigenvalue weighted by Gasteiger charge is 2.18. The highest BCUT2D eigenvalue weighted by atomic mass is 32.1. The SMILES string of the molecule is CCCCNC(=O)/C(C#N)=c1\s/c(=C\c2cccc(C)c2)c(=O)n1-c1ccc(F)cc1F. The molecule has 0 aliphatic rings. The monoisotopic (exact) mass is 453 g/mol. The zero-order valence-corrected chi connectivity index (χ0v) is 18.4. The molecular formula is C24H21F2N3O2S. The highest BCUT2D eigenvalue weighted by Crippen LogP contribution is 2.12. The summed E-state index contributed by atoms with van der Waals surface area (Å²) in [6.07, 6.45) is 3.19. The van der Waals surface area contributed by atoms with Gasteiger partial charge >= 0.3 is 0 Å². The van der Waals surface area contributed by atoms with E-state index in [-0.39, 0.29) is 20.5 Å². The van der Waals surface area contributed by atoms with Crippen LogP contribution >= 0.6 is 11.3 Å². The largest absolute Gasteiger partial charge is 0.351 e. The number of carbonyl (C=O) groups excluding carboxylic acids is 1. The van der Waals surface area contributed by atoms with Gasteiger partial charge in [0.25, 0.3) is 11.5 Å². The number of hydrogen-bond acceptors (Lipinski definition) is 4. The molecule has 0 unspecified atom stereocenters. The van der Waals surface area contributed by atoms with Crippen molar-refractivity contribution in [3.63, 3.8) is 0 Å². The van der Waals surface area contributed by atoms with Crippen molar-refractivity contribution < 1.29 is 13.6 Å². The Morgan fingerprint density at radius 3 is 2.69 bits per heavy atom. The van der Waals surface area contributed by atoms with Gasteiger partial charge in [0.15, 0.2) is 5.57 Å². The summed E-state index contributed by atoms with van der Waals surface area (Å²) in [5.41, 5.74) is 0.579. The lowest BCUT2D eigenvalue weighted by molar-refractivity contribution is -0.115. The summed E-state index contributed by atoms with van der Waals surface area (Å²) in [7, 11) is 0. The van der Waals surface area contributed by atoms with Gasteiger partial charge in [-0.25, -0.2) is 8.78 Å². The molecule has 0 saturated carbocycles. The van der Waals surface area contributed by atoms with E-state index in [0.29, 0.717) is 12.6 Å². The molecule has 0 bridgehead atoms. The van der Waals surface area contributed by atoms with Crippen LogP contribution < -0.4 is 20.1 Å². The average Bonchev–Trinajstić information content (AvgIpc) is 3.04. The first kappa shape index (κ1) is 23.1. The second-order valence-corrected chi connectivity index (χ2v) is 8.19. The molecule has 0 fully saturated rings. The van der Waals surface area contributed by atoms with Gasteiger partial charge in [-0.2, -0.15) is 5.26 Å². The lowest BCUT2D eigenvalue weighted by Crippen LogP contribution is -2.34. The molecule has 0 atom stereocenters. The zero-order valence-electron chi connectivity index (χ0n) is 17.6. The van der Waals surface area contributed by atoms with Crippen molar-refractivity contribution in [2.75, 3.05) is 6.54 Å². The van der Waals surface area contributed by atoms with Gasteiger partial charge in [0.05, 0.1) is 10.2 Å². The van der Waals surface area contributed by atoms with E-state index in [4.69, 9.17) is 0 Å². The molecule has 5 nitrogen and oxygen atoms in total. The first-order valence-electron chi connectivity index (χ1n) is 10.0. The molecule has 8 heteroatoms. The van der Waals surface area contributed by atoms with Gasteiger partial charge in [-0.3, -0.25) is 14.2 Å². The molecule has 32 heavy (non-hydrogen) atoms. The summed E-state index contributed by atoms with van der Waals surface area (Å²) in [5, 5.41) is 12.3. The number of thiazole rings is 1. The second-order valence-electron chi connectivity index (χ2n) is 7.16. The Hall–Kier alpha value is -3.57. The van der Waals surface area contributed by atoms with E-state index in [9.17, 15) is 23.6 Å². The maximum Gasteiger partial charge on any atom is 0.273 e. The summed E-state index contributed by atoms with van der Waals surface area (Å²) in [5.74, 6) is -2.43. The van der Waals surface area contributed by atoms with E-state index in [0.717, 1.165) is 52.0 Å². The maximum atomic E-state index is 14.6. The molecule has 1 amide bonds. The number of unbranched alkanes of at least 4 members (excludes halogenated alkanes) is 1. The van der Waals surface area contributed by atoms with Crippen molar-refractivity contribution in [2.45, 2.75) is 26.7 Å². The van der Waals surface area contributed by atoms with Crippen molar-refractivity contribution in [1.29, 1.82) is 5.26 Å². The minimum absolute atomic E-state index is 0.0177. The molecule has 1 N–H and O–H groups in total. The van der Waals surface area contributed by atoms with Gasteiger partial charge in [-0.15, -0.1) is 11.3 Å². The molecule has 3 rings (SSSR count). The van der Waals surface area contributed by atoms with Gasteiger partial charge in [0.1, 0.15) is 22.4 Å². The number of aryl methyl sites for hydroxylation is 1. The fourth-order valence-electron chi connectivity index (χ4n) is 3.11. The molecule has 0 radical (unpaired) electrons. The number of nitrogens with one attached hydrogen (secondary N) is 1. The van der Waals surface area contributed by atoms with Crippen molar-refractivity contribution in [1.82, 2.24) is 9.88 Å². The van der Waals surface area contributed by atoms with Crippen LogP contribution in [0.1, 0.15) is 30.9 Å². The summed E-state index contributed by atoms with van der Waals surface area (Å²) in [4.78, 5) is 25.9. The number of halogens is 2. The first-order valence-corrected chi connectivity index (χ1v) is 10.9. The predicted octanol–water partition coefficient (Wildman–Crippen LogP) is 2.91. The topological polar surface area (TPSA) is 74.9 Å². The van der Waals surface area contributed by atoms with Crippen LogP contribution in [0.2, 0.25) is 0 Å². The number of benzene rings is 2. The van der Waals surface area contributed by atoms with Crippen molar-refractivity contribution in [3.05, 3.63) is 84.8 Å². The van der Waals surface area contributed by atoms with Crippen molar-refractivity contribution in [2.24, 2.45) is 0 Å². The first-order chi connectivity index (χ1) is 15.3. The predicted molar refractivity (Wildman–Crippen MR) is 121 cm³/mol. The lowest BCUT2D eigenvalue weighted by atomic mass is 10.1. The Labute approximate surface area is 187 Å². The van der Waals surface area contributed by atoms with E-state index >= 15 is 0 Å². The standard InChI is InChI=1S/C24H21F2N3O2S/c1-3-4-10-28-22(30)18(14-27)24-29(20-9-8-17(25)13-19(20)26)23(31)21(32-24)12-16-7-5-6-15(2)11-16/h5-9,11-13H,3-4,10H2,1-2H3,(H,28,30)/b21-12-,24-18-. The van der Waals surface area contributed by atoms with Crippen LogP contribution in [0.25, 0.3) is 17.3 Å². The third-order valence-electron chi connectivity index (χ3n) is 4.68. The normalized spacial score (nSPS) is 12.4. The number of hydrogen-bond donors (Lipinski definition) is 1. The van der Waals surface area contributed by atoms with Crippen LogP contribution in [0.4, 0.5) is 8.78 Å². The van der Waals surface area contributed by atoms with Gasteiger partial charge in [-0.05, 0) is 37.1 Å². The van der Waals surface area contributed by atoms with Crippen LogP contribution in [-0.4, -0.2) is 17.0 Å². The van der Waals surface area contributed by atoms with Crippen LogP contribution in [0.5, 0.6) is 0 Å². The third-order valence-corrected chi connectivity index (χ3v) is 5.78. The van der Waals surface area contributed by atoms with Gasteiger partial charge in [0, 0.05) is 12.6 Å². The van der Waals surface area contributed by atoms with E-state index in [2.05, 4.69) is 5.32 Å². The quantitative estimate of drug-likeness (QED) is 0.584. The van der Waals surface area contributed by atoms with Gasteiger partial charge in [0.2, 0.25) is 0 Å². The molecule has 0 spiro atoms. The Bertz CT molecular complexity index is 1380. The summed E-state index contributed by atoms with van der Waals surface area (Å²) < 4.78 is 29.2. The fourth-order valence-corrected chi connectivity index (χ4v) is 4.20. The summed E-state index contributed by atoms with van der Waals surface area (Å²) in [6.45, 7) is 4.23. The Balaban J connectivity index is 2.33. The van der Waals surface area contributed by atoms with Crippen molar-refractivity contribution >= 4 is 28.9 Å². The van der Waals surface area contributed by atoms with Crippen molar-refractivity contribution in [3.8, 4) is 11.8 Å². The number of aromatic nitrogens is 1. The molecule has 1 aromatic heterocycles. The van der Waals surface area contributed by atoms with E-state index < -0.39 is 23.1 Å². The lowest BCUT2D eigenvalue weighted by Gasteiger charge is -2.06. The van der Waals surface area contributed by atoms with E-state index in [1.807, 2.05) is 38.1 Å². The average molecular weight is 454 g/mol. The number of rotatable bonds is 6. The minimum atomic E-state index is -0.975. The Kier molecular flexibility index (Phi) is 7.33. The van der Waals surface area contributed by atoms with Crippen LogP contribution in [0.3, 0.4) is 0 Å². The summed E-state index contributed by atoms with van der Waals surface area (Å²) in [6, 6.07) is 12.0. The molecule has 0 aliphatic carbocycles. The second kappa shape index (κ2) is 10.2. The smallest absolute Gasteiger partial charge is 0.273 e. The van der Waals surface area contributed by atoms with Crippen LogP contribution in [0, 0.1) is 29.9 Å². The molecule has 1 heterocycles. The maximum absolute atomic E-state index is 14.6. The number of carbonyl (C=O) groups is 1. The van der Waals surface area contributed by atoms with Crippen LogP contribution in [0.15, 0.2) is 47.3 Å². The van der Waals surface area contributed by atoms with E-state index in [1.54, 1.807) is 12.1 Å². The van der Waals surface area contributed by atoms with Crippen LogP contribution in [-0.2, 0) is 4.79 Å². The Morgan fingerprint density at radius 2 is 2.03 bits per heavy atom. The number of nitriles is 1. The zero-order chi connectivity index (χ0) is 23.3. The molecule has 0 saturated heterocycles. The summed E-state index contributed by atoms with van der Waals surface area (Å²) >= 11 is 0.909.